The van der Waals surface area contributed by atoms with Crippen LogP contribution in [0.2, 0.25) is 0 Å². The fourth-order valence-corrected chi connectivity index (χ4v) is 2.46. The molecule has 0 aromatic heterocycles. The average Bonchev–Trinajstić information content (AvgIpc) is 2.38. The van der Waals surface area contributed by atoms with Crippen LogP contribution in [0.1, 0.15) is 24.9 Å². The van der Waals surface area contributed by atoms with Crippen molar-refractivity contribution in [1.82, 2.24) is 10.2 Å². The van der Waals surface area contributed by atoms with Gasteiger partial charge in [0.15, 0.2) is 0 Å². The Balaban J connectivity index is 2.33. The summed E-state index contributed by atoms with van der Waals surface area (Å²) in [5, 5.41) is 3.48. The van der Waals surface area contributed by atoms with E-state index in [0.717, 1.165) is 25.2 Å². The molecule has 1 atom stereocenters. The van der Waals surface area contributed by atoms with E-state index in [-0.39, 0.29) is 6.03 Å². The molecule has 18 heavy (non-hydrogen) atoms. The van der Waals surface area contributed by atoms with Gasteiger partial charge < -0.3 is 10.2 Å². The number of benzene rings is 1. The average molecular weight is 247 g/mol. The second-order valence-electron chi connectivity index (χ2n) is 4.79. The molecule has 0 bridgehead atoms. The number of amides is 2. The van der Waals surface area contributed by atoms with E-state index in [1.807, 2.05) is 23.1 Å². The summed E-state index contributed by atoms with van der Waals surface area (Å²) in [4.78, 5) is 15.7. The molecule has 2 amide bonds. The summed E-state index contributed by atoms with van der Waals surface area (Å²) < 4.78 is 0. The van der Waals surface area contributed by atoms with Gasteiger partial charge in [0.1, 0.15) is 0 Å². The number of para-hydroxylation sites is 1. The lowest BCUT2D eigenvalue weighted by Crippen LogP contribution is -2.44. The molecule has 0 saturated carbocycles. The monoisotopic (exact) mass is 247 g/mol. The molecule has 0 fully saturated rings. The van der Waals surface area contributed by atoms with Crippen LogP contribution in [0.3, 0.4) is 0 Å². The Morgan fingerprint density at radius 3 is 2.83 bits per heavy atom. The molecule has 1 unspecified atom stereocenters. The van der Waals surface area contributed by atoms with Gasteiger partial charge in [-0.1, -0.05) is 25.1 Å². The first-order valence-corrected chi connectivity index (χ1v) is 6.46. The third kappa shape index (κ3) is 2.34. The molecule has 2 rings (SSSR count). The second kappa shape index (κ2) is 5.40. The number of urea groups is 1. The van der Waals surface area contributed by atoms with Crippen LogP contribution in [-0.2, 0) is 0 Å². The molecule has 1 aromatic rings. The second-order valence-corrected chi connectivity index (χ2v) is 4.79. The molecule has 1 aromatic carbocycles. The molecule has 0 saturated heterocycles. The quantitative estimate of drug-likeness (QED) is 0.870. The van der Waals surface area contributed by atoms with E-state index in [1.165, 1.54) is 5.56 Å². The topological polar surface area (TPSA) is 35.6 Å². The maximum atomic E-state index is 12.2. The van der Waals surface area contributed by atoms with Gasteiger partial charge in [-0.3, -0.25) is 4.90 Å². The highest BCUT2D eigenvalue weighted by Crippen LogP contribution is 2.33. The zero-order valence-corrected chi connectivity index (χ0v) is 11.3. The van der Waals surface area contributed by atoms with Crippen LogP contribution in [-0.4, -0.2) is 38.1 Å². The highest BCUT2D eigenvalue weighted by Gasteiger charge is 2.28. The normalized spacial score (nSPS) is 18.4. The Kier molecular flexibility index (Phi) is 3.87. The summed E-state index contributed by atoms with van der Waals surface area (Å²) in [5.74, 6) is 0. The van der Waals surface area contributed by atoms with Gasteiger partial charge in [0.2, 0.25) is 0 Å². The Morgan fingerprint density at radius 1 is 1.44 bits per heavy atom. The third-order valence-electron chi connectivity index (χ3n) is 3.31. The van der Waals surface area contributed by atoms with Crippen LogP contribution in [0, 0.1) is 0 Å². The lowest BCUT2D eigenvalue weighted by molar-refractivity contribution is 0.222. The van der Waals surface area contributed by atoms with Crippen molar-refractivity contribution in [3.8, 4) is 0 Å². The first-order valence-electron chi connectivity index (χ1n) is 6.46. The lowest BCUT2D eigenvalue weighted by atomic mass is 9.96. The van der Waals surface area contributed by atoms with Crippen LogP contribution >= 0.6 is 0 Å². The zero-order chi connectivity index (χ0) is 13.1. The SMILES string of the molecule is CCNC1CCN(C(=O)N(C)C)c2ccccc21. The molecule has 0 aliphatic carbocycles. The minimum atomic E-state index is 0.0531. The van der Waals surface area contributed by atoms with Crippen molar-refractivity contribution >= 4 is 11.7 Å². The van der Waals surface area contributed by atoms with Gasteiger partial charge >= 0.3 is 6.03 Å². The van der Waals surface area contributed by atoms with Gasteiger partial charge in [-0.2, -0.15) is 0 Å². The number of nitrogens with zero attached hydrogens (tertiary/aromatic N) is 2. The fourth-order valence-electron chi connectivity index (χ4n) is 2.46. The number of hydrogen-bond acceptors (Lipinski definition) is 2. The molecular weight excluding hydrogens is 226 g/mol. The Morgan fingerprint density at radius 2 is 2.17 bits per heavy atom. The number of carbonyl (C=O) groups excluding carboxylic acids is 1. The van der Waals surface area contributed by atoms with Crippen molar-refractivity contribution in [3.05, 3.63) is 29.8 Å². The van der Waals surface area contributed by atoms with E-state index >= 15 is 0 Å². The van der Waals surface area contributed by atoms with E-state index in [4.69, 9.17) is 0 Å². The highest BCUT2D eigenvalue weighted by atomic mass is 16.2. The van der Waals surface area contributed by atoms with E-state index in [2.05, 4.69) is 18.3 Å². The van der Waals surface area contributed by atoms with Crippen LogP contribution in [0.5, 0.6) is 0 Å². The number of rotatable bonds is 2. The van der Waals surface area contributed by atoms with Crippen LogP contribution in [0.15, 0.2) is 24.3 Å². The molecular formula is C14H21N3O. The van der Waals surface area contributed by atoms with E-state index in [0.29, 0.717) is 6.04 Å². The van der Waals surface area contributed by atoms with Crippen molar-refractivity contribution in [2.75, 3.05) is 32.1 Å². The fraction of sp³-hybridized carbons (Fsp3) is 0.500. The molecule has 0 spiro atoms. The van der Waals surface area contributed by atoms with Gasteiger partial charge in [-0.15, -0.1) is 0 Å². The predicted octanol–water partition coefficient (Wildman–Crippen LogP) is 2.23. The number of nitrogens with one attached hydrogen (secondary N) is 1. The summed E-state index contributed by atoms with van der Waals surface area (Å²) in [6, 6.07) is 8.57. The Labute approximate surface area is 109 Å². The standard InChI is InChI=1S/C14H21N3O/c1-4-15-12-9-10-17(14(18)16(2)3)13-8-6-5-7-11(12)13/h5-8,12,15H,4,9-10H2,1-3H3. The minimum absolute atomic E-state index is 0.0531. The van der Waals surface area contributed by atoms with Gasteiger partial charge in [0, 0.05) is 26.7 Å². The van der Waals surface area contributed by atoms with Gasteiger partial charge in [0.25, 0.3) is 0 Å². The molecule has 1 N–H and O–H groups in total. The molecule has 1 aliphatic rings. The number of fused-ring (bicyclic) bond motifs is 1. The van der Waals surface area contributed by atoms with Crippen molar-refractivity contribution < 1.29 is 4.79 Å². The van der Waals surface area contributed by atoms with Crippen LogP contribution in [0.25, 0.3) is 0 Å². The highest BCUT2D eigenvalue weighted by molar-refractivity contribution is 5.93. The predicted molar refractivity (Wildman–Crippen MR) is 73.9 cm³/mol. The minimum Gasteiger partial charge on any atom is -0.330 e. The van der Waals surface area contributed by atoms with Crippen molar-refractivity contribution in [1.29, 1.82) is 0 Å². The summed E-state index contributed by atoms with van der Waals surface area (Å²) in [7, 11) is 3.59. The van der Waals surface area contributed by atoms with Gasteiger partial charge in [-0.25, -0.2) is 4.79 Å². The van der Waals surface area contributed by atoms with Gasteiger partial charge in [0.05, 0.1) is 5.69 Å². The van der Waals surface area contributed by atoms with Crippen LogP contribution < -0.4 is 10.2 Å². The van der Waals surface area contributed by atoms with Crippen molar-refractivity contribution in [2.24, 2.45) is 0 Å². The van der Waals surface area contributed by atoms with E-state index in [1.54, 1.807) is 19.0 Å². The molecule has 4 nitrogen and oxygen atoms in total. The maximum absolute atomic E-state index is 12.2. The third-order valence-corrected chi connectivity index (χ3v) is 3.31. The Hall–Kier alpha value is -1.55. The first-order chi connectivity index (χ1) is 8.65. The maximum Gasteiger partial charge on any atom is 0.323 e. The number of hydrogen-bond donors (Lipinski definition) is 1. The summed E-state index contributed by atoms with van der Waals surface area (Å²) >= 11 is 0. The molecule has 0 radical (unpaired) electrons. The van der Waals surface area contributed by atoms with Crippen LogP contribution in [0.4, 0.5) is 10.5 Å². The van der Waals surface area contributed by atoms with Gasteiger partial charge in [-0.05, 0) is 24.6 Å². The smallest absolute Gasteiger partial charge is 0.323 e. The molecule has 98 valence electrons. The van der Waals surface area contributed by atoms with E-state index < -0.39 is 0 Å². The lowest BCUT2D eigenvalue weighted by Gasteiger charge is -2.35. The van der Waals surface area contributed by atoms with Crippen molar-refractivity contribution in [3.63, 3.8) is 0 Å². The van der Waals surface area contributed by atoms with Crippen molar-refractivity contribution in [2.45, 2.75) is 19.4 Å². The summed E-state index contributed by atoms with van der Waals surface area (Å²) in [6.07, 6.45) is 0.963. The molecule has 1 heterocycles. The largest absolute Gasteiger partial charge is 0.330 e. The van der Waals surface area contributed by atoms with E-state index in [9.17, 15) is 4.79 Å². The first kappa shape index (κ1) is 12.9. The molecule has 4 heteroatoms. The number of anilines is 1. The summed E-state index contributed by atoms with van der Waals surface area (Å²) in [5.41, 5.74) is 2.26. The zero-order valence-electron chi connectivity index (χ0n) is 11.3. The Bertz CT molecular complexity index is 431. The summed E-state index contributed by atoms with van der Waals surface area (Å²) in [6.45, 7) is 3.83. The molecule has 1 aliphatic heterocycles. The number of carbonyl (C=O) groups is 1.